The summed E-state index contributed by atoms with van der Waals surface area (Å²) in [4.78, 5) is 2.56. The van der Waals surface area contributed by atoms with E-state index in [1.807, 2.05) is 0 Å². The zero-order valence-electron chi connectivity index (χ0n) is 10.8. The molecule has 19 heavy (non-hydrogen) atoms. The lowest BCUT2D eigenvalue weighted by atomic mass is 10.1. The molecule has 2 unspecified atom stereocenters. The number of halogens is 1. The summed E-state index contributed by atoms with van der Waals surface area (Å²) in [5, 5.41) is 2.10. The van der Waals surface area contributed by atoms with Crippen molar-refractivity contribution >= 4 is 38.6 Å². The van der Waals surface area contributed by atoms with Crippen molar-refractivity contribution in [1.29, 1.82) is 0 Å². The van der Waals surface area contributed by atoms with E-state index in [0.29, 0.717) is 6.61 Å². The van der Waals surface area contributed by atoms with Gasteiger partial charge >= 0.3 is 0 Å². The highest BCUT2D eigenvalue weighted by atomic mass is 79.9. The van der Waals surface area contributed by atoms with Crippen LogP contribution in [0.1, 0.15) is 29.2 Å². The van der Waals surface area contributed by atoms with Crippen molar-refractivity contribution in [3.63, 3.8) is 0 Å². The second-order valence-corrected chi connectivity index (χ2v) is 7.86. The summed E-state index contributed by atoms with van der Waals surface area (Å²) >= 11 is 6.97. The van der Waals surface area contributed by atoms with Crippen LogP contribution in [0.5, 0.6) is 0 Å². The third kappa shape index (κ3) is 4.39. The summed E-state index contributed by atoms with van der Waals surface area (Å²) in [7, 11) is 0. The van der Waals surface area contributed by atoms with Crippen LogP contribution in [0.3, 0.4) is 0 Å². The predicted octanol–water partition coefficient (Wildman–Crippen LogP) is 4.61. The summed E-state index contributed by atoms with van der Waals surface area (Å²) in [5.74, 6) is 0. The maximum Gasteiger partial charge on any atom is 0.107 e. The van der Waals surface area contributed by atoms with Crippen molar-refractivity contribution in [2.24, 2.45) is 5.73 Å². The lowest BCUT2D eigenvalue weighted by Gasteiger charge is -2.22. The number of thiophene rings is 2. The maximum atomic E-state index is 6.19. The van der Waals surface area contributed by atoms with E-state index in [4.69, 9.17) is 10.5 Å². The second kappa shape index (κ2) is 7.55. The number of nitrogens with two attached hydrogens (primary N) is 1. The van der Waals surface area contributed by atoms with Crippen molar-refractivity contribution in [3.8, 4) is 0 Å². The van der Waals surface area contributed by atoms with E-state index in [1.165, 1.54) is 9.75 Å². The molecule has 0 aliphatic carbocycles. The van der Waals surface area contributed by atoms with E-state index in [2.05, 4.69) is 52.5 Å². The first kappa shape index (κ1) is 15.2. The van der Waals surface area contributed by atoms with Crippen LogP contribution in [0, 0.1) is 0 Å². The minimum Gasteiger partial charge on any atom is -0.371 e. The minimum absolute atomic E-state index is 0.00117. The van der Waals surface area contributed by atoms with Crippen molar-refractivity contribution < 1.29 is 4.74 Å². The van der Waals surface area contributed by atoms with Crippen LogP contribution in [-0.4, -0.2) is 12.6 Å². The third-order valence-corrected chi connectivity index (χ3v) is 5.58. The van der Waals surface area contributed by atoms with E-state index >= 15 is 0 Å². The quantitative estimate of drug-likeness (QED) is 0.783. The van der Waals surface area contributed by atoms with Crippen LogP contribution in [0.25, 0.3) is 0 Å². The molecule has 2 nitrogen and oxygen atoms in total. The molecule has 0 spiro atoms. The van der Waals surface area contributed by atoms with Crippen LogP contribution in [-0.2, 0) is 11.2 Å². The van der Waals surface area contributed by atoms with Crippen LogP contribution in [0.15, 0.2) is 33.4 Å². The molecule has 0 fully saturated rings. The SMILES string of the molecule is CCC(N)C(OCCc1cccs1)c1ccc(Br)s1. The predicted molar refractivity (Wildman–Crippen MR) is 87.0 cm³/mol. The fourth-order valence-electron chi connectivity index (χ4n) is 1.85. The number of ether oxygens (including phenoxy) is 1. The van der Waals surface area contributed by atoms with Crippen molar-refractivity contribution in [2.75, 3.05) is 6.61 Å². The standard InChI is InChI=1S/C14H18BrNOS2/c1-2-11(16)14(12-5-6-13(15)19-12)17-8-7-10-4-3-9-18-10/h3-6,9,11,14H,2,7-8,16H2,1H3. The van der Waals surface area contributed by atoms with Crippen LogP contribution in [0.2, 0.25) is 0 Å². The largest absolute Gasteiger partial charge is 0.371 e. The first-order valence-corrected chi connectivity index (χ1v) is 8.84. The molecule has 2 rings (SSSR count). The van der Waals surface area contributed by atoms with E-state index in [1.54, 1.807) is 22.7 Å². The average molecular weight is 360 g/mol. The Labute approximate surface area is 130 Å². The minimum atomic E-state index is 0.00117. The Bertz CT molecular complexity index is 483. The fraction of sp³-hybridized carbons (Fsp3) is 0.429. The molecule has 0 aliphatic rings. The molecule has 0 amide bonds. The molecular weight excluding hydrogens is 342 g/mol. The first-order chi connectivity index (χ1) is 9.20. The zero-order chi connectivity index (χ0) is 13.7. The average Bonchev–Trinajstić information content (AvgIpc) is 3.05. The summed E-state index contributed by atoms with van der Waals surface area (Å²) in [6, 6.07) is 8.42. The monoisotopic (exact) mass is 359 g/mol. The van der Waals surface area contributed by atoms with Gasteiger partial charge in [-0.3, -0.25) is 0 Å². The van der Waals surface area contributed by atoms with Gasteiger partial charge in [-0.1, -0.05) is 13.0 Å². The lowest BCUT2D eigenvalue weighted by Crippen LogP contribution is -2.29. The summed E-state index contributed by atoms with van der Waals surface area (Å²) in [5.41, 5.74) is 6.19. The van der Waals surface area contributed by atoms with Gasteiger partial charge in [-0.15, -0.1) is 22.7 Å². The van der Waals surface area contributed by atoms with Gasteiger partial charge in [0, 0.05) is 22.2 Å². The summed E-state index contributed by atoms with van der Waals surface area (Å²) in [6.45, 7) is 2.82. The Kier molecular flexibility index (Phi) is 6.04. The van der Waals surface area contributed by atoms with E-state index < -0.39 is 0 Å². The highest BCUT2D eigenvalue weighted by molar-refractivity contribution is 9.11. The lowest BCUT2D eigenvalue weighted by molar-refractivity contribution is 0.0381. The second-order valence-electron chi connectivity index (χ2n) is 4.33. The molecule has 104 valence electrons. The zero-order valence-corrected chi connectivity index (χ0v) is 14.1. The van der Waals surface area contributed by atoms with E-state index in [9.17, 15) is 0 Å². The van der Waals surface area contributed by atoms with Gasteiger partial charge in [0.05, 0.1) is 10.4 Å². The van der Waals surface area contributed by atoms with Crippen LogP contribution >= 0.6 is 38.6 Å². The Morgan fingerprint density at radius 1 is 1.37 bits per heavy atom. The molecular formula is C14H18BrNOS2. The highest BCUT2D eigenvalue weighted by Gasteiger charge is 2.20. The molecule has 0 aliphatic heterocycles. The van der Waals surface area contributed by atoms with Gasteiger partial charge in [0.15, 0.2) is 0 Å². The number of hydrogen-bond donors (Lipinski definition) is 1. The Balaban J connectivity index is 1.94. The molecule has 0 aromatic carbocycles. The molecule has 2 atom stereocenters. The summed E-state index contributed by atoms with van der Waals surface area (Å²) in [6.07, 6.45) is 1.87. The van der Waals surface area contributed by atoms with Gasteiger partial charge in [-0.05, 0) is 45.9 Å². The number of rotatable bonds is 7. The molecule has 2 aromatic rings. The number of hydrogen-bond acceptors (Lipinski definition) is 4. The first-order valence-electron chi connectivity index (χ1n) is 6.35. The van der Waals surface area contributed by atoms with Gasteiger partial charge in [-0.25, -0.2) is 0 Å². The fourth-order valence-corrected chi connectivity index (χ4v) is 4.09. The van der Waals surface area contributed by atoms with Crippen LogP contribution in [0.4, 0.5) is 0 Å². The smallest absolute Gasteiger partial charge is 0.107 e. The Hall–Kier alpha value is -0.200. The topological polar surface area (TPSA) is 35.2 Å². The van der Waals surface area contributed by atoms with Gasteiger partial charge < -0.3 is 10.5 Å². The van der Waals surface area contributed by atoms with Crippen molar-refractivity contribution in [2.45, 2.75) is 31.9 Å². The van der Waals surface area contributed by atoms with Gasteiger partial charge in [-0.2, -0.15) is 0 Å². The van der Waals surface area contributed by atoms with Crippen LogP contribution < -0.4 is 5.73 Å². The van der Waals surface area contributed by atoms with Crippen molar-refractivity contribution in [1.82, 2.24) is 0 Å². The van der Waals surface area contributed by atoms with Gasteiger partial charge in [0.25, 0.3) is 0 Å². The van der Waals surface area contributed by atoms with Gasteiger partial charge in [0.2, 0.25) is 0 Å². The molecule has 2 heterocycles. The summed E-state index contributed by atoms with van der Waals surface area (Å²) < 4.78 is 7.16. The molecule has 0 saturated carbocycles. The Morgan fingerprint density at radius 2 is 2.21 bits per heavy atom. The normalized spacial score (nSPS) is 14.5. The van der Waals surface area contributed by atoms with Gasteiger partial charge in [0.1, 0.15) is 6.10 Å². The van der Waals surface area contributed by atoms with E-state index in [-0.39, 0.29) is 12.1 Å². The van der Waals surface area contributed by atoms with E-state index in [0.717, 1.165) is 16.6 Å². The van der Waals surface area contributed by atoms with Crippen molar-refractivity contribution in [3.05, 3.63) is 43.2 Å². The Morgan fingerprint density at radius 3 is 2.79 bits per heavy atom. The molecule has 0 bridgehead atoms. The molecule has 0 radical (unpaired) electrons. The third-order valence-electron chi connectivity index (χ3n) is 2.96. The molecule has 2 aromatic heterocycles. The molecule has 5 heteroatoms. The maximum absolute atomic E-state index is 6.19. The molecule has 2 N–H and O–H groups in total. The highest BCUT2D eigenvalue weighted by Crippen LogP contribution is 2.31. The molecule has 0 saturated heterocycles.